The molecule has 3 aromatic heterocycles. The molecule has 0 aliphatic rings. The van der Waals surface area contributed by atoms with Crippen molar-refractivity contribution in [2.24, 2.45) is 0 Å². The molecule has 0 aliphatic carbocycles. The van der Waals surface area contributed by atoms with Crippen molar-refractivity contribution in [1.82, 2.24) is 9.97 Å². The number of pyridine rings is 2. The first-order valence-corrected chi connectivity index (χ1v) is 15.0. The molecule has 12 radical (unpaired) electrons. The maximum absolute atomic E-state index is 6.94. The molecule has 204 valence electrons. The predicted molar refractivity (Wildman–Crippen MR) is 201 cm³/mol. The molecular formula is C38H18B6N2O. The summed E-state index contributed by atoms with van der Waals surface area (Å²) in [5.74, 6) is 1.45. The average Bonchev–Trinajstić information content (AvgIpc) is 3.61. The first kappa shape index (κ1) is 29.3. The molecule has 0 saturated heterocycles. The second-order valence-corrected chi connectivity index (χ2v) is 11.5. The summed E-state index contributed by atoms with van der Waals surface area (Å²) in [5, 5.41) is 2.94. The molecule has 0 fully saturated rings. The number of hydrogen-bond donors (Lipinski definition) is 0. The third-order valence-corrected chi connectivity index (χ3v) is 8.78. The van der Waals surface area contributed by atoms with Gasteiger partial charge in [-0.1, -0.05) is 94.6 Å². The minimum atomic E-state index is 0.164. The average molecular weight is 583 g/mol. The van der Waals surface area contributed by atoms with Gasteiger partial charge in [-0.15, -0.1) is 10.9 Å². The Morgan fingerprint density at radius 3 is 1.79 bits per heavy atom. The summed E-state index contributed by atoms with van der Waals surface area (Å²) >= 11 is 0. The lowest BCUT2D eigenvalue weighted by Gasteiger charge is -2.26. The smallest absolute Gasteiger partial charge is 0.134 e. The minimum Gasteiger partial charge on any atom is -0.456 e. The molecule has 5 aromatic carbocycles. The van der Waals surface area contributed by atoms with Gasteiger partial charge in [0.15, 0.2) is 0 Å². The van der Waals surface area contributed by atoms with E-state index in [1.165, 1.54) is 0 Å². The van der Waals surface area contributed by atoms with Gasteiger partial charge in [0.2, 0.25) is 0 Å². The Balaban J connectivity index is 1.38. The Kier molecular flexibility index (Phi) is 7.02. The fourth-order valence-corrected chi connectivity index (χ4v) is 6.39. The molecule has 8 aromatic rings. The van der Waals surface area contributed by atoms with Crippen molar-refractivity contribution >= 4 is 112 Å². The van der Waals surface area contributed by atoms with Gasteiger partial charge in [0, 0.05) is 28.1 Å². The third-order valence-electron chi connectivity index (χ3n) is 8.78. The zero-order valence-corrected chi connectivity index (χ0v) is 25.2. The number of furan rings is 1. The maximum atomic E-state index is 6.94. The Bertz CT molecular complexity index is 2550. The van der Waals surface area contributed by atoms with Crippen LogP contribution in [-0.4, -0.2) is 57.0 Å². The zero-order chi connectivity index (χ0) is 32.4. The summed E-state index contributed by atoms with van der Waals surface area (Å²) in [6.07, 6.45) is 1.74. The number of fused-ring (bicyclic) bond motifs is 4. The van der Waals surface area contributed by atoms with Crippen LogP contribution in [0.1, 0.15) is 0 Å². The Labute approximate surface area is 280 Å². The topological polar surface area (TPSA) is 38.9 Å². The van der Waals surface area contributed by atoms with Crippen LogP contribution in [0.2, 0.25) is 0 Å². The Morgan fingerprint density at radius 1 is 0.447 bits per heavy atom. The second-order valence-electron chi connectivity index (χ2n) is 11.5. The van der Waals surface area contributed by atoms with Crippen LogP contribution >= 0.6 is 0 Å². The third kappa shape index (κ3) is 4.67. The van der Waals surface area contributed by atoms with E-state index in [1.807, 2.05) is 103 Å². The molecular weight excluding hydrogens is 565 g/mol. The van der Waals surface area contributed by atoms with E-state index in [0.717, 1.165) is 38.7 Å². The molecule has 0 N–H and O–H groups in total. The van der Waals surface area contributed by atoms with E-state index in [-0.39, 0.29) is 27.3 Å². The van der Waals surface area contributed by atoms with E-state index in [1.54, 1.807) is 6.20 Å². The summed E-state index contributed by atoms with van der Waals surface area (Å²) in [6.45, 7) is 0. The molecule has 0 unspecified atom stereocenters. The van der Waals surface area contributed by atoms with Gasteiger partial charge in [-0.05, 0) is 57.8 Å². The van der Waals surface area contributed by atoms with Crippen LogP contribution in [0.3, 0.4) is 0 Å². The molecule has 0 aliphatic heterocycles. The number of aromatic nitrogens is 2. The van der Waals surface area contributed by atoms with Crippen molar-refractivity contribution in [3.63, 3.8) is 0 Å². The largest absolute Gasteiger partial charge is 0.456 e. The number of benzene rings is 5. The molecule has 9 heteroatoms. The van der Waals surface area contributed by atoms with E-state index in [9.17, 15) is 0 Å². The number of rotatable bonds is 4. The van der Waals surface area contributed by atoms with E-state index in [2.05, 4.69) is 4.98 Å². The highest BCUT2D eigenvalue weighted by molar-refractivity contribution is 6.69. The normalized spacial score (nSPS) is 11.5. The Hall–Kier alpha value is -5.15. The molecule has 47 heavy (non-hydrogen) atoms. The molecule has 8 rings (SSSR count). The van der Waals surface area contributed by atoms with E-state index in [4.69, 9.17) is 56.5 Å². The quantitative estimate of drug-likeness (QED) is 0.237. The minimum absolute atomic E-state index is 0.164. The Morgan fingerprint density at radius 2 is 1.04 bits per heavy atom. The number of hydrogen-bond acceptors (Lipinski definition) is 3. The van der Waals surface area contributed by atoms with Crippen LogP contribution < -0.4 is 32.8 Å². The summed E-state index contributed by atoms with van der Waals surface area (Å²) in [4.78, 5) is 9.66. The molecule has 3 nitrogen and oxygen atoms in total. The monoisotopic (exact) mass is 584 g/mol. The van der Waals surface area contributed by atoms with Gasteiger partial charge < -0.3 is 4.42 Å². The van der Waals surface area contributed by atoms with Crippen molar-refractivity contribution in [2.75, 3.05) is 0 Å². The fourth-order valence-electron chi connectivity index (χ4n) is 6.39. The van der Waals surface area contributed by atoms with Gasteiger partial charge in [0.1, 0.15) is 58.6 Å². The van der Waals surface area contributed by atoms with Crippen molar-refractivity contribution in [1.29, 1.82) is 0 Å². The van der Waals surface area contributed by atoms with E-state index in [0.29, 0.717) is 44.3 Å². The highest BCUT2D eigenvalue weighted by atomic mass is 16.3. The van der Waals surface area contributed by atoms with Gasteiger partial charge in [-0.25, -0.2) is 4.98 Å². The standard InChI is InChI=1S/C38H18B6N2O/c39-31-27(23-9-4-8-22(18-23)26-16-15-25(47-26)19-6-2-1-3-7-19)29-30(34(42)36(44)35(43)33(29)41)28(32(31)40)24-14-13-21-12-11-20-10-5-17-45-37(20)38(21)46-24/h1-18H. The van der Waals surface area contributed by atoms with Crippen LogP contribution in [-0.2, 0) is 0 Å². The summed E-state index contributed by atoms with van der Waals surface area (Å²) < 4.78 is 6.26. The first-order chi connectivity index (χ1) is 22.8. The SMILES string of the molecule is [B]c1c([B])c([B])c2c(-c3ccc4ccc5cccnc5c4n3)c([B])c([B])c(-c3cccc(-c4ccc(-c5ccccc5)o4)c3)c2c1[B]. The lowest BCUT2D eigenvalue weighted by atomic mass is 9.60. The van der Waals surface area contributed by atoms with Crippen LogP contribution in [0.4, 0.5) is 0 Å². The van der Waals surface area contributed by atoms with Gasteiger partial charge >= 0.3 is 0 Å². The van der Waals surface area contributed by atoms with Crippen LogP contribution in [0, 0.1) is 0 Å². The van der Waals surface area contributed by atoms with Gasteiger partial charge in [-0.2, -0.15) is 0 Å². The zero-order valence-electron chi connectivity index (χ0n) is 25.2. The summed E-state index contributed by atoms with van der Waals surface area (Å²) in [6, 6.07) is 33.4. The van der Waals surface area contributed by atoms with Crippen molar-refractivity contribution in [3.05, 3.63) is 109 Å². The van der Waals surface area contributed by atoms with Crippen LogP contribution in [0.25, 0.3) is 77.6 Å². The molecule has 0 atom stereocenters. The van der Waals surface area contributed by atoms with Gasteiger partial charge in [0.25, 0.3) is 0 Å². The van der Waals surface area contributed by atoms with E-state index < -0.39 is 0 Å². The van der Waals surface area contributed by atoms with E-state index >= 15 is 0 Å². The van der Waals surface area contributed by atoms with Crippen molar-refractivity contribution in [3.8, 4) is 45.0 Å². The molecule has 3 heterocycles. The van der Waals surface area contributed by atoms with Crippen molar-refractivity contribution in [2.45, 2.75) is 0 Å². The summed E-state index contributed by atoms with van der Waals surface area (Å²) in [5.41, 5.74) is 7.11. The second kappa shape index (κ2) is 11.3. The van der Waals surface area contributed by atoms with Crippen LogP contribution in [0.15, 0.2) is 114 Å². The van der Waals surface area contributed by atoms with Crippen molar-refractivity contribution < 1.29 is 4.42 Å². The number of nitrogens with zero attached hydrogens (tertiary/aromatic N) is 2. The van der Waals surface area contributed by atoms with Gasteiger partial charge in [-0.3, -0.25) is 4.98 Å². The maximum Gasteiger partial charge on any atom is 0.134 e. The predicted octanol–water partition coefficient (Wildman–Crippen LogP) is 2.96. The van der Waals surface area contributed by atoms with Gasteiger partial charge in [0.05, 0.1) is 16.7 Å². The highest BCUT2D eigenvalue weighted by Crippen LogP contribution is 2.35. The molecule has 0 bridgehead atoms. The van der Waals surface area contributed by atoms with Crippen LogP contribution in [0.5, 0.6) is 0 Å². The lowest BCUT2D eigenvalue weighted by Crippen LogP contribution is -2.49. The molecule has 0 amide bonds. The highest BCUT2D eigenvalue weighted by Gasteiger charge is 2.22. The first-order valence-electron chi connectivity index (χ1n) is 15.0. The molecule has 0 spiro atoms. The fraction of sp³-hybridized carbons (Fsp3) is 0. The molecule has 0 saturated carbocycles. The lowest BCUT2D eigenvalue weighted by molar-refractivity contribution is 0.597. The summed E-state index contributed by atoms with van der Waals surface area (Å²) in [7, 11) is 40.3.